The third-order valence-electron chi connectivity index (χ3n) is 4.08. The summed E-state index contributed by atoms with van der Waals surface area (Å²) in [5, 5.41) is 11.8. The molecule has 2 atom stereocenters. The van der Waals surface area contributed by atoms with Crippen LogP contribution >= 0.6 is 23.1 Å². The molecule has 0 radical (unpaired) electrons. The highest BCUT2D eigenvalue weighted by atomic mass is 32.2. The summed E-state index contributed by atoms with van der Waals surface area (Å²) in [5.74, 6) is 0.427. The number of thioether (sulfide) groups is 1. The normalized spacial score (nSPS) is 20.2. The molecule has 1 aromatic rings. The Kier molecular flexibility index (Phi) is 7.26. The van der Waals surface area contributed by atoms with Gasteiger partial charge >= 0.3 is 0 Å². The monoisotopic (exact) mass is 404 g/mol. The third kappa shape index (κ3) is 5.68. The van der Waals surface area contributed by atoms with Gasteiger partial charge < -0.3 is 10.2 Å². The van der Waals surface area contributed by atoms with E-state index in [4.69, 9.17) is 0 Å². The molecule has 1 N–H and O–H groups in total. The summed E-state index contributed by atoms with van der Waals surface area (Å²) in [6.07, 6.45) is 3.05. The second-order valence-electron chi connectivity index (χ2n) is 5.95. The second kappa shape index (κ2) is 9.00. The Morgan fingerprint density at radius 1 is 1.56 bits per heavy atom. The molecule has 10 heteroatoms. The van der Waals surface area contributed by atoms with Crippen LogP contribution in [0.4, 0.5) is 5.13 Å². The first-order valence-corrected chi connectivity index (χ1v) is 11.8. The molecule has 1 aliphatic rings. The van der Waals surface area contributed by atoms with Gasteiger partial charge in [0.1, 0.15) is 0 Å². The van der Waals surface area contributed by atoms with E-state index in [1.807, 2.05) is 13.8 Å². The third-order valence-corrected chi connectivity index (χ3v) is 7.83. The van der Waals surface area contributed by atoms with Crippen molar-refractivity contribution in [2.45, 2.75) is 43.1 Å². The second-order valence-corrected chi connectivity index (χ2v) is 10.4. The lowest BCUT2D eigenvalue weighted by atomic mass is 10.1. The maximum atomic E-state index is 12.7. The summed E-state index contributed by atoms with van der Waals surface area (Å²) in [5.41, 5.74) is 0. The van der Waals surface area contributed by atoms with Crippen molar-refractivity contribution in [2.75, 3.05) is 29.1 Å². The Labute approximate surface area is 157 Å². The van der Waals surface area contributed by atoms with Gasteiger partial charge in [-0.1, -0.05) is 36.1 Å². The molecular formula is C15H24N4O3S3. The van der Waals surface area contributed by atoms with Gasteiger partial charge in [-0.3, -0.25) is 4.79 Å². The van der Waals surface area contributed by atoms with E-state index in [0.717, 1.165) is 6.42 Å². The largest absolute Gasteiger partial charge is 0.357 e. The van der Waals surface area contributed by atoms with Crippen molar-refractivity contribution in [3.63, 3.8) is 0 Å². The number of hydrogen-bond acceptors (Lipinski definition) is 8. The highest BCUT2D eigenvalue weighted by Gasteiger charge is 2.36. The number of hydrogen-bond donors (Lipinski definition) is 1. The van der Waals surface area contributed by atoms with E-state index in [1.165, 1.54) is 23.1 Å². The first-order valence-electron chi connectivity index (χ1n) is 8.19. The Morgan fingerprint density at radius 2 is 2.32 bits per heavy atom. The average Bonchev–Trinajstić information content (AvgIpc) is 3.17. The van der Waals surface area contributed by atoms with E-state index in [2.05, 4.69) is 22.1 Å². The van der Waals surface area contributed by atoms with Crippen LogP contribution in [0.15, 0.2) is 17.0 Å². The van der Waals surface area contributed by atoms with Gasteiger partial charge in [0.15, 0.2) is 14.2 Å². The molecule has 0 aliphatic carbocycles. The van der Waals surface area contributed by atoms with Crippen molar-refractivity contribution in [3.8, 4) is 0 Å². The maximum Gasteiger partial charge on any atom is 0.233 e. The van der Waals surface area contributed by atoms with Gasteiger partial charge in [-0.2, -0.15) is 0 Å². The minimum absolute atomic E-state index is 0.0191. The van der Waals surface area contributed by atoms with Crippen molar-refractivity contribution in [2.24, 2.45) is 0 Å². The summed E-state index contributed by atoms with van der Waals surface area (Å²) in [4.78, 5) is 14.5. The molecule has 0 saturated carbocycles. The molecule has 1 fully saturated rings. The van der Waals surface area contributed by atoms with Gasteiger partial charge in [0.25, 0.3) is 0 Å². The number of rotatable bonds is 9. The minimum atomic E-state index is -3.03. The zero-order valence-electron chi connectivity index (χ0n) is 14.5. The molecule has 0 spiro atoms. The van der Waals surface area contributed by atoms with E-state index in [1.54, 1.807) is 11.0 Å². The van der Waals surface area contributed by atoms with Crippen LogP contribution in [0.1, 0.15) is 26.7 Å². The summed E-state index contributed by atoms with van der Waals surface area (Å²) in [6.45, 7) is 8.21. The van der Waals surface area contributed by atoms with E-state index < -0.39 is 9.84 Å². The number of nitrogens with zero attached hydrogens (tertiary/aromatic N) is 3. The first kappa shape index (κ1) is 20.2. The van der Waals surface area contributed by atoms with Gasteiger partial charge in [-0.25, -0.2) is 8.42 Å². The number of carbonyl (C=O) groups is 1. The molecule has 7 nitrogen and oxygen atoms in total. The van der Waals surface area contributed by atoms with E-state index >= 15 is 0 Å². The fourth-order valence-electron chi connectivity index (χ4n) is 2.70. The molecular weight excluding hydrogens is 380 g/mol. The molecule has 25 heavy (non-hydrogen) atoms. The molecule has 0 unspecified atom stereocenters. The lowest BCUT2D eigenvalue weighted by Crippen LogP contribution is -2.47. The van der Waals surface area contributed by atoms with Crippen LogP contribution in [-0.2, 0) is 14.6 Å². The Balaban J connectivity index is 1.97. The first-order chi connectivity index (χ1) is 11.9. The number of carbonyl (C=O) groups excluding carboxylic acids is 1. The smallest absolute Gasteiger partial charge is 0.233 e. The highest BCUT2D eigenvalue weighted by molar-refractivity contribution is 8.01. The number of sulfone groups is 1. The predicted octanol–water partition coefficient (Wildman–Crippen LogP) is 2.04. The van der Waals surface area contributed by atoms with Crippen molar-refractivity contribution in [3.05, 3.63) is 12.7 Å². The number of nitrogens with one attached hydrogen (secondary N) is 1. The zero-order chi connectivity index (χ0) is 18.4. The Morgan fingerprint density at radius 3 is 2.92 bits per heavy atom. The Hall–Kier alpha value is -1.13. The number of aromatic nitrogens is 2. The molecule has 0 bridgehead atoms. The molecule has 1 saturated heterocycles. The van der Waals surface area contributed by atoms with Crippen molar-refractivity contribution in [1.82, 2.24) is 15.1 Å². The number of anilines is 1. The summed E-state index contributed by atoms with van der Waals surface area (Å²) in [6, 6.07) is -0.196. The van der Waals surface area contributed by atoms with Crippen LogP contribution in [0.25, 0.3) is 0 Å². The summed E-state index contributed by atoms with van der Waals surface area (Å²) < 4.78 is 24.3. The van der Waals surface area contributed by atoms with E-state index in [0.29, 0.717) is 22.4 Å². The van der Waals surface area contributed by atoms with Gasteiger partial charge in [0, 0.05) is 18.6 Å². The fraction of sp³-hybridized carbons (Fsp3) is 0.667. The standard InChI is InChI=1S/C15H24N4O3S3/c1-4-7-16-14-17-18-15(24-14)23-9-13(20)19(11(3)5-2)12-6-8-25(21,22)10-12/h4,11-12H,1,5-10H2,2-3H3,(H,16,17)/t11-,12+/m0/s1. The summed E-state index contributed by atoms with van der Waals surface area (Å²) >= 11 is 2.72. The van der Waals surface area contributed by atoms with Gasteiger partial charge in [0.2, 0.25) is 11.0 Å². The van der Waals surface area contributed by atoms with Gasteiger partial charge in [0.05, 0.1) is 17.3 Å². The van der Waals surface area contributed by atoms with Crippen LogP contribution in [0.2, 0.25) is 0 Å². The van der Waals surface area contributed by atoms with Gasteiger partial charge in [-0.05, 0) is 19.8 Å². The molecule has 140 valence electrons. The van der Waals surface area contributed by atoms with Crippen molar-refractivity contribution >= 4 is 44.0 Å². The number of amides is 1. The minimum Gasteiger partial charge on any atom is -0.357 e. The maximum absolute atomic E-state index is 12.7. The zero-order valence-corrected chi connectivity index (χ0v) is 16.9. The molecule has 2 rings (SSSR count). The lowest BCUT2D eigenvalue weighted by molar-refractivity contribution is -0.132. The van der Waals surface area contributed by atoms with Crippen LogP contribution in [-0.4, -0.2) is 65.3 Å². The van der Waals surface area contributed by atoms with Crippen LogP contribution in [0, 0.1) is 0 Å². The topological polar surface area (TPSA) is 92.3 Å². The van der Waals surface area contributed by atoms with Crippen molar-refractivity contribution in [1.29, 1.82) is 0 Å². The van der Waals surface area contributed by atoms with Crippen LogP contribution in [0.3, 0.4) is 0 Å². The molecule has 1 aliphatic heterocycles. The van der Waals surface area contributed by atoms with E-state index in [9.17, 15) is 13.2 Å². The Bertz CT molecular complexity index is 705. The molecule has 1 aromatic heterocycles. The highest BCUT2D eigenvalue weighted by Crippen LogP contribution is 2.27. The molecule has 2 heterocycles. The van der Waals surface area contributed by atoms with Crippen LogP contribution in [0.5, 0.6) is 0 Å². The van der Waals surface area contributed by atoms with Crippen LogP contribution < -0.4 is 5.32 Å². The molecule has 0 aromatic carbocycles. The predicted molar refractivity (Wildman–Crippen MR) is 103 cm³/mol. The lowest BCUT2D eigenvalue weighted by Gasteiger charge is -2.33. The summed E-state index contributed by atoms with van der Waals surface area (Å²) in [7, 11) is -3.03. The molecule has 1 amide bonds. The van der Waals surface area contributed by atoms with Crippen molar-refractivity contribution < 1.29 is 13.2 Å². The quantitative estimate of drug-likeness (QED) is 0.497. The fourth-order valence-corrected chi connectivity index (χ4v) is 6.04. The van der Waals surface area contributed by atoms with Gasteiger partial charge in [-0.15, -0.1) is 16.8 Å². The van der Waals surface area contributed by atoms with E-state index in [-0.39, 0.29) is 35.2 Å². The SMILES string of the molecule is C=CCNc1nnc(SCC(=O)N([C@@H]2CCS(=O)(=O)C2)[C@@H](C)CC)s1. The average molecular weight is 405 g/mol.